The fourth-order valence-corrected chi connectivity index (χ4v) is 4.67. The Morgan fingerprint density at radius 1 is 0.939 bits per heavy atom. The number of benzene rings is 3. The van der Waals surface area contributed by atoms with Crippen molar-refractivity contribution in [2.45, 2.75) is 12.5 Å². The van der Waals surface area contributed by atoms with Crippen molar-refractivity contribution in [1.82, 2.24) is 10.2 Å². The zero-order valence-corrected chi connectivity index (χ0v) is 18.6. The van der Waals surface area contributed by atoms with E-state index in [9.17, 15) is 9.59 Å². The summed E-state index contributed by atoms with van der Waals surface area (Å²) in [5.41, 5.74) is 2.41. The predicted molar refractivity (Wildman–Crippen MR) is 124 cm³/mol. The second-order valence-electron chi connectivity index (χ2n) is 8.22. The van der Waals surface area contributed by atoms with E-state index in [0.717, 1.165) is 11.1 Å². The highest BCUT2D eigenvalue weighted by Gasteiger charge is 2.40. The van der Waals surface area contributed by atoms with E-state index in [-0.39, 0.29) is 30.4 Å². The molecule has 5 rings (SSSR count). The number of ether oxygens (including phenoxy) is 2. The van der Waals surface area contributed by atoms with E-state index >= 15 is 0 Å². The molecule has 7 heteroatoms. The molecule has 33 heavy (non-hydrogen) atoms. The third kappa shape index (κ3) is 4.39. The summed E-state index contributed by atoms with van der Waals surface area (Å²) in [6.45, 7) is 1.36. The van der Waals surface area contributed by atoms with Crippen molar-refractivity contribution in [3.8, 4) is 11.5 Å². The average molecular weight is 463 g/mol. The van der Waals surface area contributed by atoms with E-state index in [1.807, 2.05) is 48.5 Å². The van der Waals surface area contributed by atoms with Crippen molar-refractivity contribution in [3.63, 3.8) is 0 Å². The van der Waals surface area contributed by atoms with Crippen LogP contribution in [0.15, 0.2) is 72.8 Å². The normalized spacial score (nSPS) is 18.9. The van der Waals surface area contributed by atoms with Crippen LogP contribution < -0.4 is 14.8 Å². The number of rotatable bonds is 5. The number of fused-ring (bicyclic) bond motifs is 1. The van der Waals surface area contributed by atoms with Gasteiger partial charge in [0.05, 0.1) is 16.5 Å². The lowest BCUT2D eigenvalue weighted by Gasteiger charge is -2.18. The Morgan fingerprint density at radius 3 is 2.52 bits per heavy atom. The molecule has 1 saturated heterocycles. The van der Waals surface area contributed by atoms with Gasteiger partial charge in [0.2, 0.25) is 12.7 Å². The van der Waals surface area contributed by atoms with Gasteiger partial charge < -0.3 is 19.7 Å². The Kier molecular flexibility index (Phi) is 5.92. The lowest BCUT2D eigenvalue weighted by atomic mass is 9.88. The smallest absolute Gasteiger partial charge is 0.255 e. The van der Waals surface area contributed by atoms with E-state index in [2.05, 4.69) is 5.32 Å². The van der Waals surface area contributed by atoms with Gasteiger partial charge in [0, 0.05) is 25.6 Å². The lowest BCUT2D eigenvalue weighted by molar-refractivity contribution is -0.125. The van der Waals surface area contributed by atoms with E-state index in [1.54, 1.807) is 29.2 Å². The Labute approximate surface area is 197 Å². The first-order valence-corrected chi connectivity index (χ1v) is 11.2. The third-order valence-corrected chi connectivity index (χ3v) is 6.51. The summed E-state index contributed by atoms with van der Waals surface area (Å²) in [5, 5.41) is 3.45. The number of hydrogen-bond donors (Lipinski definition) is 1. The van der Waals surface area contributed by atoms with Crippen molar-refractivity contribution >= 4 is 23.4 Å². The first kappa shape index (κ1) is 21.3. The number of carbonyl (C=O) groups excluding carboxylic acids is 2. The van der Waals surface area contributed by atoms with E-state index < -0.39 is 0 Å². The molecule has 0 radical (unpaired) electrons. The summed E-state index contributed by atoms with van der Waals surface area (Å²) in [6, 6.07) is 22.5. The molecule has 2 aliphatic rings. The Hall–Kier alpha value is -3.51. The maximum atomic E-state index is 13.3. The Bertz CT molecular complexity index is 1180. The van der Waals surface area contributed by atoms with Crippen LogP contribution in [0.2, 0.25) is 5.02 Å². The summed E-state index contributed by atoms with van der Waals surface area (Å²) in [4.78, 5) is 28.2. The van der Waals surface area contributed by atoms with Gasteiger partial charge >= 0.3 is 0 Å². The van der Waals surface area contributed by atoms with Crippen molar-refractivity contribution in [1.29, 1.82) is 0 Å². The van der Waals surface area contributed by atoms with Crippen molar-refractivity contribution in [2.75, 3.05) is 19.9 Å². The highest BCUT2D eigenvalue weighted by atomic mass is 35.5. The monoisotopic (exact) mass is 462 g/mol. The van der Waals surface area contributed by atoms with Gasteiger partial charge in [0.15, 0.2) is 11.5 Å². The first-order chi connectivity index (χ1) is 16.1. The fourth-order valence-electron chi connectivity index (χ4n) is 4.45. The van der Waals surface area contributed by atoms with Gasteiger partial charge in [-0.15, -0.1) is 0 Å². The minimum atomic E-state index is -0.368. The van der Waals surface area contributed by atoms with Gasteiger partial charge in [-0.05, 0) is 35.4 Å². The zero-order chi connectivity index (χ0) is 22.8. The van der Waals surface area contributed by atoms with Crippen LogP contribution >= 0.6 is 11.6 Å². The second kappa shape index (κ2) is 9.16. The molecule has 0 bridgehead atoms. The molecule has 0 spiro atoms. The van der Waals surface area contributed by atoms with Crippen LogP contribution in [0.5, 0.6) is 11.5 Å². The molecule has 1 N–H and O–H groups in total. The van der Waals surface area contributed by atoms with Crippen molar-refractivity contribution in [2.24, 2.45) is 5.92 Å². The zero-order valence-electron chi connectivity index (χ0n) is 17.9. The summed E-state index contributed by atoms with van der Waals surface area (Å²) in [7, 11) is 0. The molecular formula is C26H23ClN2O4. The van der Waals surface area contributed by atoms with Crippen LogP contribution in [0.4, 0.5) is 0 Å². The van der Waals surface area contributed by atoms with Crippen LogP contribution in [0.3, 0.4) is 0 Å². The number of hydrogen-bond acceptors (Lipinski definition) is 4. The molecule has 2 aliphatic heterocycles. The molecule has 1 fully saturated rings. The van der Waals surface area contributed by atoms with Crippen LogP contribution in [0, 0.1) is 5.92 Å². The van der Waals surface area contributed by atoms with Crippen LogP contribution in [-0.2, 0) is 11.3 Å². The maximum Gasteiger partial charge on any atom is 0.255 e. The maximum absolute atomic E-state index is 13.3. The van der Waals surface area contributed by atoms with Gasteiger partial charge in [-0.3, -0.25) is 9.59 Å². The molecule has 0 saturated carbocycles. The molecule has 168 valence electrons. The average Bonchev–Trinajstić information content (AvgIpc) is 3.50. The standard InChI is InChI=1S/C26H23ClN2O4/c27-22-9-5-4-8-19(22)26(31)29-14-20(18-6-2-1-3-7-18)21(15-29)25(30)28-13-17-10-11-23-24(12-17)33-16-32-23/h1-12,20-21H,13-16H2,(H,28,30). The number of nitrogens with one attached hydrogen (secondary N) is 1. The first-order valence-electron chi connectivity index (χ1n) is 10.8. The highest BCUT2D eigenvalue weighted by molar-refractivity contribution is 6.33. The molecule has 2 atom stereocenters. The Balaban J connectivity index is 1.34. The van der Waals surface area contributed by atoms with E-state index in [1.165, 1.54) is 0 Å². The van der Waals surface area contributed by atoms with Gasteiger partial charge in [-0.25, -0.2) is 0 Å². The van der Waals surface area contributed by atoms with Crippen molar-refractivity contribution in [3.05, 3.63) is 94.5 Å². The van der Waals surface area contributed by atoms with Gasteiger partial charge in [0.25, 0.3) is 5.91 Å². The number of halogens is 1. The van der Waals surface area contributed by atoms with E-state index in [0.29, 0.717) is 41.7 Å². The number of amides is 2. The number of carbonyl (C=O) groups is 2. The van der Waals surface area contributed by atoms with Crippen LogP contribution in [0.25, 0.3) is 0 Å². The second-order valence-corrected chi connectivity index (χ2v) is 8.63. The fraction of sp³-hybridized carbons (Fsp3) is 0.231. The van der Waals surface area contributed by atoms with Crippen LogP contribution in [0.1, 0.15) is 27.4 Å². The number of nitrogens with zero attached hydrogens (tertiary/aromatic N) is 1. The summed E-state index contributed by atoms with van der Waals surface area (Å²) >= 11 is 6.26. The summed E-state index contributed by atoms with van der Waals surface area (Å²) < 4.78 is 10.8. The molecule has 3 aromatic carbocycles. The summed E-state index contributed by atoms with van der Waals surface area (Å²) in [5.74, 6) is 0.672. The molecule has 6 nitrogen and oxygen atoms in total. The lowest BCUT2D eigenvalue weighted by Crippen LogP contribution is -2.35. The molecule has 2 unspecified atom stereocenters. The molecule has 2 amide bonds. The minimum Gasteiger partial charge on any atom is -0.454 e. The SMILES string of the molecule is O=C(NCc1ccc2c(c1)OCO2)C1CN(C(=O)c2ccccc2Cl)CC1c1ccccc1. The molecule has 0 aliphatic carbocycles. The molecule has 2 heterocycles. The summed E-state index contributed by atoms with van der Waals surface area (Å²) in [6.07, 6.45) is 0. The van der Waals surface area contributed by atoms with Gasteiger partial charge in [-0.2, -0.15) is 0 Å². The number of likely N-dealkylation sites (tertiary alicyclic amines) is 1. The van der Waals surface area contributed by atoms with E-state index in [4.69, 9.17) is 21.1 Å². The predicted octanol–water partition coefficient (Wildman–Crippen LogP) is 4.24. The largest absolute Gasteiger partial charge is 0.454 e. The molecule has 3 aromatic rings. The quantitative estimate of drug-likeness (QED) is 0.615. The molecule has 0 aromatic heterocycles. The third-order valence-electron chi connectivity index (χ3n) is 6.18. The Morgan fingerprint density at radius 2 is 1.70 bits per heavy atom. The van der Waals surface area contributed by atoms with Crippen molar-refractivity contribution < 1.29 is 19.1 Å². The topological polar surface area (TPSA) is 67.9 Å². The van der Waals surface area contributed by atoms with Gasteiger partial charge in [-0.1, -0.05) is 60.1 Å². The van der Waals surface area contributed by atoms with Gasteiger partial charge in [0.1, 0.15) is 0 Å². The minimum absolute atomic E-state index is 0.0871. The highest BCUT2D eigenvalue weighted by Crippen LogP contribution is 2.35. The van der Waals surface area contributed by atoms with Crippen LogP contribution in [-0.4, -0.2) is 36.6 Å². The molecular weight excluding hydrogens is 440 g/mol.